The average Bonchev–Trinajstić information content (AvgIpc) is 2.66. The lowest BCUT2D eigenvalue weighted by Crippen LogP contribution is -2.43. The van der Waals surface area contributed by atoms with Crippen molar-refractivity contribution in [2.24, 2.45) is 0 Å². The normalized spacial score (nSPS) is 13.6. The van der Waals surface area contributed by atoms with Crippen LogP contribution in [0.5, 0.6) is 0 Å². The smallest absolute Gasteiger partial charge is 0.332 e. The third kappa shape index (κ3) is 12.5. The van der Waals surface area contributed by atoms with Gasteiger partial charge in [-0.25, -0.2) is 4.79 Å². The van der Waals surface area contributed by atoms with Crippen molar-refractivity contribution in [3.63, 3.8) is 0 Å². The minimum Gasteiger partial charge on any atom is -0.467 e. The summed E-state index contributed by atoms with van der Waals surface area (Å²) in [5, 5.41) is 2.52. The van der Waals surface area contributed by atoms with Crippen LogP contribution in [0.1, 0.15) is 53.4 Å². The Bertz CT molecular complexity index is 669. The number of methoxy groups -OCH3 is 1. The van der Waals surface area contributed by atoms with Crippen LogP contribution >= 0.6 is 7.60 Å². The van der Waals surface area contributed by atoms with Gasteiger partial charge in [0, 0.05) is 20.3 Å². The molecule has 166 valence electrons. The first-order valence-electron chi connectivity index (χ1n) is 9.61. The Morgan fingerprint density at radius 1 is 0.931 bits per heavy atom. The Kier molecular flexibility index (Phi) is 13.5. The second-order valence-corrected chi connectivity index (χ2v) is 9.46. The molecule has 0 aliphatic carbocycles. The number of esters is 1. The Morgan fingerprint density at radius 2 is 1.48 bits per heavy atom. The number of nitrogens with one attached hydrogen (secondary N) is 1. The zero-order valence-electron chi connectivity index (χ0n) is 18.7. The molecule has 0 aromatic rings. The Balaban J connectivity index is 4.78. The van der Waals surface area contributed by atoms with Gasteiger partial charge in [-0.3, -0.25) is 9.36 Å². The highest BCUT2D eigenvalue weighted by atomic mass is 31.2. The molecule has 0 aromatic carbocycles. The molecular weight excluding hydrogens is 393 g/mol. The van der Waals surface area contributed by atoms with Crippen LogP contribution in [0.25, 0.3) is 0 Å². The standard InChI is InChI=1S/C21H36NO6P/c1-16(2)10-8-11-17(3)12-9-13-18(4)14-20(23)22-19(21(24)26-5)15-29(25,27-6)28-7/h10,12,14,19H,8-9,11,13,15H2,1-7H3,(H,22,23)/t19-/m1/s1. The first kappa shape index (κ1) is 27.3. The molecule has 0 radical (unpaired) electrons. The van der Waals surface area contributed by atoms with Crippen molar-refractivity contribution in [1.29, 1.82) is 0 Å². The highest BCUT2D eigenvalue weighted by molar-refractivity contribution is 7.53. The van der Waals surface area contributed by atoms with Crippen LogP contribution in [-0.4, -0.2) is 45.4 Å². The molecule has 0 aliphatic rings. The zero-order valence-corrected chi connectivity index (χ0v) is 19.6. The first-order chi connectivity index (χ1) is 13.6. The van der Waals surface area contributed by atoms with Crippen molar-refractivity contribution in [1.82, 2.24) is 5.32 Å². The van der Waals surface area contributed by atoms with Gasteiger partial charge in [-0.2, -0.15) is 0 Å². The highest BCUT2D eigenvalue weighted by Gasteiger charge is 2.32. The molecule has 0 aliphatic heterocycles. The fourth-order valence-electron chi connectivity index (χ4n) is 2.51. The first-order valence-corrected chi connectivity index (χ1v) is 11.3. The number of hydrogen-bond donors (Lipinski definition) is 1. The molecule has 0 heterocycles. The topological polar surface area (TPSA) is 90.9 Å². The van der Waals surface area contributed by atoms with Crippen LogP contribution in [0.15, 0.2) is 34.9 Å². The van der Waals surface area contributed by atoms with E-state index in [1.54, 1.807) is 0 Å². The van der Waals surface area contributed by atoms with Crippen LogP contribution in [0, 0.1) is 0 Å². The van der Waals surface area contributed by atoms with Gasteiger partial charge < -0.3 is 19.1 Å². The van der Waals surface area contributed by atoms with Crippen molar-refractivity contribution < 1.29 is 27.9 Å². The maximum Gasteiger partial charge on any atom is 0.332 e. The fourth-order valence-corrected chi connectivity index (χ4v) is 3.65. The van der Waals surface area contributed by atoms with Gasteiger partial charge in [0.25, 0.3) is 0 Å². The minimum absolute atomic E-state index is 0.307. The van der Waals surface area contributed by atoms with E-state index >= 15 is 0 Å². The maximum atomic E-state index is 12.3. The third-order valence-corrected chi connectivity index (χ3v) is 6.19. The molecule has 0 aromatic heterocycles. The Labute approximate surface area is 175 Å². The van der Waals surface area contributed by atoms with Crippen molar-refractivity contribution >= 4 is 19.5 Å². The van der Waals surface area contributed by atoms with Crippen LogP contribution in [0.4, 0.5) is 0 Å². The summed E-state index contributed by atoms with van der Waals surface area (Å²) in [6.07, 6.45) is 9.14. The largest absolute Gasteiger partial charge is 0.467 e. The molecule has 0 fully saturated rings. The number of carbonyl (C=O) groups is 2. The van der Waals surface area contributed by atoms with E-state index in [-0.39, 0.29) is 6.16 Å². The summed E-state index contributed by atoms with van der Waals surface area (Å²) in [6, 6.07) is -1.13. The van der Waals surface area contributed by atoms with E-state index < -0.39 is 25.5 Å². The summed E-state index contributed by atoms with van der Waals surface area (Å²) in [4.78, 5) is 24.2. The second kappa shape index (κ2) is 14.3. The molecule has 0 unspecified atom stereocenters. The van der Waals surface area contributed by atoms with Gasteiger partial charge in [0.15, 0.2) is 0 Å². The van der Waals surface area contributed by atoms with Crippen molar-refractivity contribution in [3.05, 3.63) is 34.9 Å². The number of allylic oxidation sites excluding steroid dienone is 5. The molecule has 0 spiro atoms. The number of carbonyl (C=O) groups excluding carboxylic acids is 2. The molecule has 0 rings (SSSR count). The van der Waals surface area contributed by atoms with Gasteiger partial charge in [0.1, 0.15) is 6.04 Å². The van der Waals surface area contributed by atoms with Gasteiger partial charge >= 0.3 is 13.6 Å². The molecule has 7 nitrogen and oxygen atoms in total. The predicted molar refractivity (Wildman–Crippen MR) is 116 cm³/mol. The summed E-state index contributed by atoms with van der Waals surface area (Å²) < 4.78 is 26.6. The quantitative estimate of drug-likeness (QED) is 0.200. The SMILES string of the molecule is COC(=O)[C@@H](CP(=O)(OC)OC)NC(=O)C=C(C)CCC=C(C)CCC=C(C)C. The molecule has 1 N–H and O–H groups in total. The highest BCUT2D eigenvalue weighted by Crippen LogP contribution is 2.46. The number of rotatable bonds is 13. The van der Waals surface area contributed by atoms with E-state index in [1.807, 2.05) is 6.92 Å². The van der Waals surface area contributed by atoms with Gasteiger partial charge in [0.05, 0.1) is 13.3 Å². The Morgan fingerprint density at radius 3 is 2.00 bits per heavy atom. The predicted octanol–water partition coefficient (Wildman–Crippen LogP) is 4.55. The molecule has 0 saturated heterocycles. The van der Waals surface area contributed by atoms with E-state index in [0.717, 1.165) is 31.3 Å². The molecule has 1 atom stereocenters. The van der Waals surface area contributed by atoms with E-state index in [0.29, 0.717) is 0 Å². The number of ether oxygens (including phenoxy) is 1. The van der Waals surface area contributed by atoms with E-state index in [1.165, 1.54) is 38.6 Å². The molecule has 29 heavy (non-hydrogen) atoms. The van der Waals surface area contributed by atoms with Crippen LogP contribution in [-0.2, 0) is 27.9 Å². The van der Waals surface area contributed by atoms with Crippen LogP contribution in [0.3, 0.4) is 0 Å². The lowest BCUT2D eigenvalue weighted by Gasteiger charge is -2.20. The van der Waals surface area contributed by atoms with Crippen molar-refractivity contribution in [2.45, 2.75) is 59.4 Å². The van der Waals surface area contributed by atoms with E-state index in [9.17, 15) is 14.2 Å². The Hall–Kier alpha value is -1.69. The van der Waals surface area contributed by atoms with Crippen molar-refractivity contribution in [2.75, 3.05) is 27.5 Å². The summed E-state index contributed by atoms with van der Waals surface area (Å²) in [5.74, 6) is -1.17. The summed E-state index contributed by atoms with van der Waals surface area (Å²) in [5.41, 5.74) is 3.52. The third-order valence-electron chi connectivity index (χ3n) is 4.26. The van der Waals surface area contributed by atoms with Gasteiger partial charge in [-0.1, -0.05) is 28.9 Å². The molecule has 1 amide bonds. The molecular formula is C21H36NO6P. The summed E-state index contributed by atoms with van der Waals surface area (Å²) >= 11 is 0. The zero-order chi connectivity index (χ0) is 22.4. The summed E-state index contributed by atoms with van der Waals surface area (Å²) in [6.45, 7) is 8.14. The van der Waals surface area contributed by atoms with E-state index in [4.69, 9.17) is 9.05 Å². The van der Waals surface area contributed by atoms with Gasteiger partial charge in [0.2, 0.25) is 5.91 Å². The van der Waals surface area contributed by atoms with Crippen LogP contribution < -0.4 is 5.32 Å². The number of hydrogen-bond acceptors (Lipinski definition) is 6. The van der Waals surface area contributed by atoms with Gasteiger partial charge in [-0.05, 0) is 53.4 Å². The average molecular weight is 429 g/mol. The maximum absolute atomic E-state index is 12.3. The van der Waals surface area contributed by atoms with Crippen molar-refractivity contribution in [3.8, 4) is 0 Å². The minimum atomic E-state index is -3.49. The number of amides is 1. The lowest BCUT2D eigenvalue weighted by atomic mass is 10.1. The molecule has 0 bridgehead atoms. The lowest BCUT2D eigenvalue weighted by molar-refractivity contribution is -0.144. The molecule has 8 heteroatoms. The molecule has 0 saturated carbocycles. The second-order valence-electron chi connectivity index (χ2n) is 7.14. The summed E-state index contributed by atoms with van der Waals surface area (Å²) in [7, 11) is 0.150. The monoisotopic (exact) mass is 429 g/mol. The van der Waals surface area contributed by atoms with Crippen LogP contribution in [0.2, 0.25) is 0 Å². The fraction of sp³-hybridized carbons (Fsp3) is 0.619. The van der Waals surface area contributed by atoms with Gasteiger partial charge in [-0.15, -0.1) is 0 Å². The van der Waals surface area contributed by atoms with E-state index in [2.05, 4.69) is 43.0 Å².